The third-order valence-corrected chi connectivity index (χ3v) is 4.55. The number of anilines is 1. The highest BCUT2D eigenvalue weighted by Gasteiger charge is 2.15. The van der Waals surface area contributed by atoms with E-state index in [0.29, 0.717) is 11.7 Å². The van der Waals surface area contributed by atoms with E-state index in [-0.39, 0.29) is 18.0 Å². The molecule has 3 aromatic rings. The number of carbonyl (C=O) groups is 1. The van der Waals surface area contributed by atoms with Crippen molar-refractivity contribution < 1.29 is 19.2 Å². The molecule has 8 nitrogen and oxygen atoms in total. The molecule has 2 aromatic carbocycles. The number of amides is 1. The Morgan fingerprint density at radius 2 is 1.93 bits per heavy atom. The average molecular weight is 413 g/mol. The first-order valence-corrected chi connectivity index (χ1v) is 9.79. The summed E-state index contributed by atoms with van der Waals surface area (Å²) in [5.41, 5.74) is 1.44. The molecule has 0 atom stereocenters. The molecule has 0 aliphatic rings. The van der Waals surface area contributed by atoms with Gasteiger partial charge >= 0.3 is 5.69 Å². The van der Waals surface area contributed by atoms with Crippen LogP contribution in [-0.4, -0.2) is 29.0 Å². The number of nitro benzene ring substituents is 1. The Hall–Kier alpha value is -3.46. The van der Waals surface area contributed by atoms with E-state index in [9.17, 15) is 14.9 Å². The van der Waals surface area contributed by atoms with Crippen LogP contribution in [0.15, 0.2) is 53.9 Å². The zero-order chi connectivity index (χ0) is 20.6. The minimum Gasteiger partial charge on any atom is -0.494 e. The molecule has 0 radical (unpaired) electrons. The van der Waals surface area contributed by atoms with Gasteiger partial charge in [0.2, 0.25) is 0 Å². The largest absolute Gasteiger partial charge is 0.494 e. The molecule has 1 heterocycles. The van der Waals surface area contributed by atoms with Gasteiger partial charge in [0.1, 0.15) is 5.75 Å². The molecule has 0 saturated heterocycles. The van der Waals surface area contributed by atoms with Crippen LogP contribution >= 0.6 is 11.3 Å². The van der Waals surface area contributed by atoms with E-state index in [4.69, 9.17) is 9.47 Å². The summed E-state index contributed by atoms with van der Waals surface area (Å²) >= 11 is 1.28. The van der Waals surface area contributed by atoms with Crippen molar-refractivity contribution in [2.24, 2.45) is 0 Å². The standard InChI is InChI=1S/C20H19N3O5S/c1-2-11-27-15-9-7-14(8-10-15)16-13-29-20(21-16)22-19(24)12-28-18-6-4-3-5-17(18)23(25)26/h3-10,13H,2,11-12H2,1H3,(H,21,22,24). The summed E-state index contributed by atoms with van der Waals surface area (Å²) in [6, 6.07) is 13.5. The molecule has 0 aliphatic carbocycles. The van der Waals surface area contributed by atoms with Gasteiger partial charge in [0, 0.05) is 17.0 Å². The molecule has 0 fully saturated rings. The van der Waals surface area contributed by atoms with Gasteiger partial charge in [-0.25, -0.2) is 4.98 Å². The zero-order valence-electron chi connectivity index (χ0n) is 15.7. The molecular weight excluding hydrogens is 394 g/mol. The number of nitrogens with one attached hydrogen (secondary N) is 1. The first-order chi connectivity index (χ1) is 14.1. The maximum absolute atomic E-state index is 12.1. The fourth-order valence-corrected chi connectivity index (χ4v) is 3.17. The van der Waals surface area contributed by atoms with Crippen molar-refractivity contribution in [2.45, 2.75) is 13.3 Å². The third-order valence-electron chi connectivity index (χ3n) is 3.79. The van der Waals surface area contributed by atoms with Gasteiger partial charge in [0.05, 0.1) is 17.2 Å². The van der Waals surface area contributed by atoms with Crippen molar-refractivity contribution in [1.29, 1.82) is 0 Å². The molecule has 1 N–H and O–H groups in total. The molecule has 3 rings (SSSR count). The number of nitro groups is 1. The number of hydrogen-bond acceptors (Lipinski definition) is 7. The molecule has 1 aromatic heterocycles. The average Bonchev–Trinajstić information content (AvgIpc) is 3.19. The number of ether oxygens (including phenoxy) is 2. The van der Waals surface area contributed by atoms with E-state index in [1.807, 2.05) is 36.6 Å². The first-order valence-electron chi connectivity index (χ1n) is 8.91. The topological polar surface area (TPSA) is 104 Å². The zero-order valence-corrected chi connectivity index (χ0v) is 16.5. The summed E-state index contributed by atoms with van der Waals surface area (Å²) in [6.07, 6.45) is 0.943. The summed E-state index contributed by atoms with van der Waals surface area (Å²) in [4.78, 5) is 26.9. The lowest BCUT2D eigenvalue weighted by molar-refractivity contribution is -0.385. The van der Waals surface area contributed by atoms with E-state index < -0.39 is 10.8 Å². The molecule has 150 valence electrons. The number of thiazole rings is 1. The van der Waals surface area contributed by atoms with E-state index in [2.05, 4.69) is 10.3 Å². The van der Waals surface area contributed by atoms with Crippen LogP contribution in [0.3, 0.4) is 0 Å². The van der Waals surface area contributed by atoms with E-state index in [0.717, 1.165) is 23.4 Å². The quantitative estimate of drug-likeness (QED) is 0.408. The van der Waals surface area contributed by atoms with Gasteiger partial charge in [-0.05, 0) is 36.8 Å². The summed E-state index contributed by atoms with van der Waals surface area (Å²) in [7, 11) is 0. The number of benzene rings is 2. The van der Waals surface area contributed by atoms with Crippen LogP contribution in [0.2, 0.25) is 0 Å². The molecular formula is C20H19N3O5S. The van der Waals surface area contributed by atoms with Crippen molar-refractivity contribution in [2.75, 3.05) is 18.5 Å². The predicted octanol–water partition coefficient (Wildman–Crippen LogP) is 4.52. The number of carbonyl (C=O) groups excluding carboxylic acids is 1. The second-order valence-electron chi connectivity index (χ2n) is 5.97. The predicted molar refractivity (Wildman–Crippen MR) is 111 cm³/mol. The fourth-order valence-electron chi connectivity index (χ4n) is 2.43. The lowest BCUT2D eigenvalue weighted by Crippen LogP contribution is -2.20. The van der Waals surface area contributed by atoms with Crippen LogP contribution in [0.4, 0.5) is 10.8 Å². The van der Waals surface area contributed by atoms with Crippen LogP contribution in [-0.2, 0) is 4.79 Å². The highest BCUT2D eigenvalue weighted by Crippen LogP contribution is 2.27. The Morgan fingerprint density at radius 3 is 2.66 bits per heavy atom. The Labute approximate surface area is 171 Å². The van der Waals surface area contributed by atoms with Crippen LogP contribution in [0.5, 0.6) is 11.5 Å². The highest BCUT2D eigenvalue weighted by atomic mass is 32.1. The SMILES string of the molecule is CCCOc1ccc(-c2csc(NC(=O)COc3ccccc3[N+](=O)[O-])n2)cc1. The number of aromatic nitrogens is 1. The highest BCUT2D eigenvalue weighted by molar-refractivity contribution is 7.14. The number of rotatable bonds is 9. The Kier molecular flexibility index (Phi) is 6.75. The Bertz CT molecular complexity index is 988. The lowest BCUT2D eigenvalue weighted by atomic mass is 10.2. The van der Waals surface area contributed by atoms with E-state index in [1.165, 1.54) is 29.5 Å². The van der Waals surface area contributed by atoms with Crippen LogP contribution in [0.25, 0.3) is 11.3 Å². The maximum Gasteiger partial charge on any atom is 0.310 e. The second-order valence-corrected chi connectivity index (χ2v) is 6.83. The van der Waals surface area contributed by atoms with Gasteiger partial charge in [0.25, 0.3) is 5.91 Å². The number of hydrogen-bond donors (Lipinski definition) is 1. The molecule has 9 heteroatoms. The van der Waals surface area contributed by atoms with Crippen molar-refractivity contribution in [3.63, 3.8) is 0 Å². The first kappa shape index (κ1) is 20.3. The molecule has 1 amide bonds. The van der Waals surface area contributed by atoms with Crippen LogP contribution in [0, 0.1) is 10.1 Å². The summed E-state index contributed by atoms with van der Waals surface area (Å²) in [5, 5.41) is 15.9. The van der Waals surface area contributed by atoms with Gasteiger partial charge in [-0.3, -0.25) is 20.2 Å². The molecule has 0 spiro atoms. The maximum atomic E-state index is 12.1. The molecule has 0 saturated carbocycles. The minimum atomic E-state index is -0.557. The van der Waals surface area contributed by atoms with Gasteiger partial charge in [-0.2, -0.15) is 0 Å². The van der Waals surface area contributed by atoms with Crippen molar-refractivity contribution in [3.05, 3.63) is 64.0 Å². The second kappa shape index (κ2) is 9.65. The monoisotopic (exact) mass is 413 g/mol. The Balaban J connectivity index is 1.57. The minimum absolute atomic E-state index is 0.0397. The Morgan fingerprint density at radius 1 is 1.17 bits per heavy atom. The smallest absolute Gasteiger partial charge is 0.310 e. The summed E-state index contributed by atoms with van der Waals surface area (Å²) < 4.78 is 10.8. The summed E-state index contributed by atoms with van der Waals surface area (Å²) in [6.45, 7) is 2.36. The molecule has 0 aliphatic heterocycles. The van der Waals surface area contributed by atoms with Crippen molar-refractivity contribution in [3.8, 4) is 22.8 Å². The molecule has 0 bridgehead atoms. The summed E-state index contributed by atoms with van der Waals surface area (Å²) in [5.74, 6) is 0.386. The van der Waals surface area contributed by atoms with Crippen molar-refractivity contribution >= 4 is 28.1 Å². The fraction of sp³-hybridized carbons (Fsp3) is 0.200. The lowest BCUT2D eigenvalue weighted by Gasteiger charge is -2.06. The molecule has 29 heavy (non-hydrogen) atoms. The van der Waals surface area contributed by atoms with Crippen molar-refractivity contribution in [1.82, 2.24) is 4.98 Å². The van der Waals surface area contributed by atoms with Gasteiger partial charge in [0.15, 0.2) is 17.5 Å². The van der Waals surface area contributed by atoms with Gasteiger partial charge in [-0.15, -0.1) is 11.3 Å². The van der Waals surface area contributed by atoms with Crippen LogP contribution in [0.1, 0.15) is 13.3 Å². The van der Waals surface area contributed by atoms with Gasteiger partial charge in [-0.1, -0.05) is 19.1 Å². The molecule has 0 unspecified atom stereocenters. The van der Waals surface area contributed by atoms with E-state index >= 15 is 0 Å². The normalized spacial score (nSPS) is 10.4. The third kappa shape index (κ3) is 5.52. The van der Waals surface area contributed by atoms with Gasteiger partial charge < -0.3 is 9.47 Å². The number of nitrogens with zero attached hydrogens (tertiary/aromatic N) is 2. The number of para-hydroxylation sites is 2. The van der Waals surface area contributed by atoms with E-state index in [1.54, 1.807) is 6.07 Å². The van der Waals surface area contributed by atoms with Crippen LogP contribution < -0.4 is 14.8 Å².